The summed E-state index contributed by atoms with van der Waals surface area (Å²) in [4.78, 5) is 26.0. The van der Waals surface area contributed by atoms with Gasteiger partial charge in [0.2, 0.25) is 5.91 Å². The molecule has 2 N–H and O–H groups in total. The predicted molar refractivity (Wildman–Crippen MR) is 78.8 cm³/mol. The first-order valence-corrected chi connectivity index (χ1v) is 8.41. The van der Waals surface area contributed by atoms with Crippen LogP contribution < -0.4 is 5.32 Å². The molecule has 2 aliphatic heterocycles. The number of fused-ring (bicyclic) bond motifs is 1. The number of amides is 1. The van der Waals surface area contributed by atoms with Crippen LogP contribution >= 0.6 is 0 Å². The van der Waals surface area contributed by atoms with Gasteiger partial charge in [0.1, 0.15) is 6.04 Å². The first kappa shape index (κ1) is 14.8. The number of rotatable bonds is 3. The van der Waals surface area contributed by atoms with E-state index in [0.717, 1.165) is 45.2 Å². The lowest BCUT2D eigenvalue weighted by atomic mass is 9.84. The molecule has 0 aromatic heterocycles. The van der Waals surface area contributed by atoms with Gasteiger partial charge in [-0.2, -0.15) is 0 Å². The number of carboxylic acid groups (broad SMARTS) is 1. The number of carbonyl (C=O) groups excluding carboxylic acids is 1. The van der Waals surface area contributed by atoms with Crippen molar-refractivity contribution in [3.63, 3.8) is 0 Å². The molecule has 21 heavy (non-hydrogen) atoms. The second-order valence-corrected chi connectivity index (χ2v) is 6.90. The summed E-state index contributed by atoms with van der Waals surface area (Å²) < 4.78 is 0. The molecule has 0 spiro atoms. The lowest BCUT2D eigenvalue weighted by Gasteiger charge is -2.34. The van der Waals surface area contributed by atoms with E-state index in [0.29, 0.717) is 24.7 Å². The van der Waals surface area contributed by atoms with Gasteiger partial charge in [0.25, 0.3) is 0 Å². The number of likely N-dealkylation sites (tertiary alicyclic amines) is 1. The Morgan fingerprint density at radius 3 is 2.52 bits per heavy atom. The number of carboxylic acids is 1. The molecule has 1 aliphatic carbocycles. The van der Waals surface area contributed by atoms with Gasteiger partial charge in [-0.15, -0.1) is 0 Å². The fraction of sp³-hybridized carbons (Fsp3) is 0.875. The fourth-order valence-electron chi connectivity index (χ4n) is 4.48. The number of hydrogen-bond donors (Lipinski definition) is 2. The van der Waals surface area contributed by atoms with Gasteiger partial charge in [0, 0.05) is 12.5 Å². The summed E-state index contributed by atoms with van der Waals surface area (Å²) in [5, 5.41) is 12.8. The Morgan fingerprint density at radius 2 is 1.81 bits per heavy atom. The van der Waals surface area contributed by atoms with Crippen molar-refractivity contribution in [2.75, 3.05) is 13.1 Å². The van der Waals surface area contributed by atoms with E-state index < -0.39 is 12.0 Å². The molecule has 1 saturated carbocycles. The second kappa shape index (κ2) is 6.34. The highest BCUT2D eigenvalue weighted by Gasteiger charge is 2.47. The summed E-state index contributed by atoms with van der Waals surface area (Å²) in [5.41, 5.74) is 0. The van der Waals surface area contributed by atoms with E-state index in [4.69, 9.17) is 0 Å². The fourth-order valence-corrected chi connectivity index (χ4v) is 4.48. The van der Waals surface area contributed by atoms with Crippen LogP contribution in [0.25, 0.3) is 0 Å². The molecule has 0 aromatic rings. The summed E-state index contributed by atoms with van der Waals surface area (Å²) in [6, 6.07) is -0.388. The summed E-state index contributed by atoms with van der Waals surface area (Å²) in [6.45, 7) is 1.96. The maximum Gasteiger partial charge on any atom is 0.326 e. The minimum Gasteiger partial charge on any atom is -0.480 e. The average molecular weight is 294 g/mol. The van der Waals surface area contributed by atoms with Gasteiger partial charge < -0.3 is 15.3 Å². The number of nitrogens with zero attached hydrogens (tertiary/aromatic N) is 1. The van der Waals surface area contributed by atoms with Gasteiger partial charge in [-0.25, -0.2) is 4.79 Å². The third kappa shape index (κ3) is 3.07. The molecule has 3 unspecified atom stereocenters. The highest BCUT2D eigenvalue weighted by Crippen LogP contribution is 2.40. The van der Waals surface area contributed by atoms with E-state index in [1.807, 2.05) is 0 Å². The molecule has 2 heterocycles. The molecule has 118 valence electrons. The van der Waals surface area contributed by atoms with Crippen LogP contribution in [0.2, 0.25) is 0 Å². The molecule has 5 heteroatoms. The lowest BCUT2D eigenvalue weighted by molar-refractivity contribution is -0.150. The van der Waals surface area contributed by atoms with Gasteiger partial charge >= 0.3 is 5.97 Å². The Morgan fingerprint density at radius 1 is 1.10 bits per heavy atom. The van der Waals surface area contributed by atoms with Crippen molar-refractivity contribution in [3.05, 3.63) is 0 Å². The monoisotopic (exact) mass is 294 g/mol. The zero-order valence-electron chi connectivity index (χ0n) is 12.6. The molecule has 2 saturated heterocycles. The summed E-state index contributed by atoms with van der Waals surface area (Å²) in [6.07, 6.45) is 7.66. The van der Waals surface area contributed by atoms with Gasteiger partial charge in [0.05, 0.1) is 0 Å². The lowest BCUT2D eigenvalue weighted by Crippen LogP contribution is -2.47. The molecule has 0 radical (unpaired) electrons. The second-order valence-electron chi connectivity index (χ2n) is 6.90. The highest BCUT2D eigenvalue weighted by molar-refractivity contribution is 5.85. The molecule has 3 rings (SSSR count). The quantitative estimate of drug-likeness (QED) is 0.830. The number of nitrogens with one attached hydrogen (secondary N) is 1. The summed E-state index contributed by atoms with van der Waals surface area (Å²) in [7, 11) is 0. The van der Waals surface area contributed by atoms with E-state index >= 15 is 0 Å². The van der Waals surface area contributed by atoms with Gasteiger partial charge in [-0.3, -0.25) is 4.79 Å². The summed E-state index contributed by atoms with van der Waals surface area (Å²) in [5.74, 6) is 0.111. The number of hydrogen-bond acceptors (Lipinski definition) is 3. The van der Waals surface area contributed by atoms with Gasteiger partial charge in [0.15, 0.2) is 0 Å². The SMILES string of the molecule is O=C(O)C1CC2CCCCC2N1C(=O)CC1CCNCC1. The van der Waals surface area contributed by atoms with Crippen LogP contribution in [0.15, 0.2) is 0 Å². The van der Waals surface area contributed by atoms with Crippen LogP contribution in [0.4, 0.5) is 0 Å². The number of carbonyl (C=O) groups is 2. The van der Waals surface area contributed by atoms with Crippen molar-refractivity contribution in [1.82, 2.24) is 10.2 Å². The van der Waals surface area contributed by atoms with Gasteiger partial charge in [-0.1, -0.05) is 12.8 Å². The standard InChI is InChI=1S/C16H26N2O3/c19-15(9-11-5-7-17-8-6-11)18-13-4-2-1-3-12(13)10-14(18)16(20)21/h11-14,17H,1-10H2,(H,20,21). The van der Waals surface area contributed by atoms with Crippen LogP contribution in [-0.4, -0.2) is 47.1 Å². The van der Waals surface area contributed by atoms with Crippen molar-refractivity contribution >= 4 is 11.9 Å². The molecule has 3 atom stereocenters. The number of aliphatic carboxylic acids is 1. The Balaban J connectivity index is 1.69. The molecular formula is C16H26N2O3. The smallest absolute Gasteiger partial charge is 0.326 e. The number of piperidine rings is 1. The van der Waals surface area contributed by atoms with Crippen molar-refractivity contribution < 1.29 is 14.7 Å². The molecule has 0 aromatic carbocycles. The largest absolute Gasteiger partial charge is 0.480 e. The van der Waals surface area contributed by atoms with Crippen LogP contribution in [-0.2, 0) is 9.59 Å². The Labute approximate surface area is 126 Å². The Kier molecular flexibility index (Phi) is 4.48. The summed E-state index contributed by atoms with van der Waals surface area (Å²) >= 11 is 0. The predicted octanol–water partition coefficient (Wildman–Crippen LogP) is 1.62. The zero-order chi connectivity index (χ0) is 14.8. The molecule has 3 aliphatic rings. The van der Waals surface area contributed by atoms with Crippen molar-refractivity contribution in [2.45, 2.75) is 63.5 Å². The van der Waals surface area contributed by atoms with E-state index in [1.165, 1.54) is 6.42 Å². The van der Waals surface area contributed by atoms with E-state index in [9.17, 15) is 14.7 Å². The minimum absolute atomic E-state index is 0.0868. The topological polar surface area (TPSA) is 69.6 Å². The maximum atomic E-state index is 12.7. The highest BCUT2D eigenvalue weighted by atomic mass is 16.4. The van der Waals surface area contributed by atoms with E-state index in [2.05, 4.69) is 5.32 Å². The first-order valence-electron chi connectivity index (χ1n) is 8.41. The molecule has 3 fully saturated rings. The van der Waals surface area contributed by atoms with E-state index in [-0.39, 0.29) is 11.9 Å². The van der Waals surface area contributed by atoms with Crippen molar-refractivity contribution in [1.29, 1.82) is 0 Å². The van der Waals surface area contributed by atoms with Crippen LogP contribution in [0, 0.1) is 11.8 Å². The first-order chi connectivity index (χ1) is 10.2. The van der Waals surface area contributed by atoms with E-state index in [1.54, 1.807) is 4.90 Å². The molecule has 1 amide bonds. The Hall–Kier alpha value is -1.10. The average Bonchev–Trinajstić information content (AvgIpc) is 2.88. The van der Waals surface area contributed by atoms with Gasteiger partial charge in [-0.05, 0) is 57.0 Å². The van der Waals surface area contributed by atoms with Crippen LogP contribution in [0.3, 0.4) is 0 Å². The minimum atomic E-state index is -0.817. The van der Waals surface area contributed by atoms with Crippen LogP contribution in [0.1, 0.15) is 51.4 Å². The molecule has 5 nitrogen and oxygen atoms in total. The normalized spacial score (nSPS) is 33.7. The zero-order valence-corrected chi connectivity index (χ0v) is 12.6. The van der Waals surface area contributed by atoms with Crippen molar-refractivity contribution in [2.24, 2.45) is 11.8 Å². The van der Waals surface area contributed by atoms with Crippen molar-refractivity contribution in [3.8, 4) is 0 Å². The maximum absolute atomic E-state index is 12.7. The molecule has 0 bridgehead atoms. The Bertz CT molecular complexity index is 406. The third-order valence-corrected chi connectivity index (χ3v) is 5.58. The third-order valence-electron chi connectivity index (χ3n) is 5.58. The molecular weight excluding hydrogens is 268 g/mol. The van der Waals surface area contributed by atoms with Crippen LogP contribution in [0.5, 0.6) is 0 Å².